The van der Waals surface area contributed by atoms with Crippen molar-refractivity contribution in [3.05, 3.63) is 86.6 Å². The second-order valence-electron chi connectivity index (χ2n) is 15.1. The molecule has 2 aromatic rings. The highest BCUT2D eigenvalue weighted by molar-refractivity contribution is 9.09. The van der Waals surface area contributed by atoms with Crippen LogP contribution >= 0.6 is 15.9 Å². The van der Waals surface area contributed by atoms with Gasteiger partial charge in [-0.1, -0.05) is 60.4 Å². The van der Waals surface area contributed by atoms with Crippen molar-refractivity contribution in [1.29, 1.82) is 0 Å². The molecule has 1 aliphatic heterocycles. The number of carbonyl (C=O) groups is 11. The number of hydrogen-bond acceptors (Lipinski definition) is 23. The van der Waals surface area contributed by atoms with Crippen LogP contribution < -0.4 is 5.32 Å². The van der Waals surface area contributed by atoms with Gasteiger partial charge in [0.25, 0.3) is 11.8 Å². The Labute approximate surface area is 465 Å². The molecule has 3 rings (SSSR count). The number of para-hydroxylation sites is 1. The maximum atomic E-state index is 12.0. The van der Waals surface area contributed by atoms with Crippen molar-refractivity contribution >= 4 is 92.6 Å². The number of halogens is 1. The van der Waals surface area contributed by atoms with Crippen LogP contribution in [-0.4, -0.2) is 185 Å². The number of aliphatic hydroxyl groups is 1. The highest BCUT2D eigenvalue weighted by atomic mass is 79.9. The molecule has 0 aliphatic carbocycles. The summed E-state index contributed by atoms with van der Waals surface area (Å²) in [4.78, 5) is 129. The van der Waals surface area contributed by atoms with Gasteiger partial charge in [-0.15, -0.1) is 5.06 Å². The van der Waals surface area contributed by atoms with Gasteiger partial charge in [-0.2, -0.15) is 0 Å². The number of aliphatic hydroxyl groups excluding tert-OH is 1. The third-order valence-electron chi connectivity index (χ3n) is 9.10. The quantitative estimate of drug-likeness (QED) is 0.0127. The lowest BCUT2D eigenvalue weighted by Crippen LogP contribution is -2.36. The minimum Gasteiger partial charge on any atom is -0.463 e. The van der Waals surface area contributed by atoms with E-state index in [4.69, 9.17) is 33.2 Å². The number of amides is 3. The number of H-pyrrole nitrogens is 1. The van der Waals surface area contributed by atoms with Crippen LogP contribution in [0.15, 0.2) is 81.1 Å². The second kappa shape index (κ2) is 47.8. The first kappa shape index (κ1) is 71.6. The zero-order valence-corrected chi connectivity index (χ0v) is 45.5. The molecule has 27 heteroatoms. The molecule has 1 atom stereocenters. The summed E-state index contributed by atoms with van der Waals surface area (Å²) in [6, 6.07) is 7.72. The fourth-order valence-electron chi connectivity index (χ4n) is 5.50. The number of alkyl halides is 1. The van der Waals surface area contributed by atoms with E-state index in [1.165, 1.54) is 0 Å². The number of fused-ring (bicyclic) bond motifs is 1. The van der Waals surface area contributed by atoms with E-state index in [0.29, 0.717) is 31.0 Å². The Hall–Kier alpha value is -7.43. The number of imide groups is 1. The SMILES string of the molecule is C=CC(=O)OCCOCC=O.C=CC(=O)OCCOCCBr.C=CC(=O)OCCOCCOC(=O)CCCC(=O)NC(O)Cc1c[nH]c2ccccc12.C=CC(=O)OCCOCCOC(=O)CCCC(=O)ON1C(=O)CCC1=O. The molecule has 1 aliphatic rings. The van der Waals surface area contributed by atoms with E-state index in [1.54, 1.807) is 0 Å². The van der Waals surface area contributed by atoms with E-state index >= 15 is 0 Å². The van der Waals surface area contributed by atoms with Crippen molar-refractivity contribution in [3.63, 3.8) is 0 Å². The van der Waals surface area contributed by atoms with E-state index in [-0.39, 0.29) is 137 Å². The Morgan fingerprint density at radius 2 is 1.01 bits per heavy atom. The van der Waals surface area contributed by atoms with E-state index in [2.05, 4.69) is 71.6 Å². The van der Waals surface area contributed by atoms with Crippen molar-refractivity contribution in [3.8, 4) is 0 Å². The molecule has 0 radical (unpaired) electrons. The fraction of sp³-hybridized carbons (Fsp3) is 0.481. The molecular formula is C52H70BrN3O23. The number of hydroxylamine groups is 2. The zero-order valence-electron chi connectivity index (χ0n) is 43.9. The average molecular weight is 1190 g/mol. The van der Waals surface area contributed by atoms with Gasteiger partial charge in [0, 0.05) is 91.7 Å². The van der Waals surface area contributed by atoms with Crippen LogP contribution in [0.3, 0.4) is 0 Å². The highest BCUT2D eigenvalue weighted by Gasteiger charge is 2.32. The lowest BCUT2D eigenvalue weighted by Gasteiger charge is -2.12. The van der Waals surface area contributed by atoms with Gasteiger partial charge in [0.05, 0.1) is 46.2 Å². The molecule has 0 spiro atoms. The maximum Gasteiger partial charge on any atom is 0.333 e. The number of rotatable bonds is 38. The predicted octanol–water partition coefficient (Wildman–Crippen LogP) is 2.72. The summed E-state index contributed by atoms with van der Waals surface area (Å²) < 4.78 is 48.4. The first-order chi connectivity index (χ1) is 38.0. The molecule has 438 valence electrons. The monoisotopic (exact) mass is 1180 g/mol. The molecule has 0 saturated carbocycles. The molecular weight excluding hydrogens is 1110 g/mol. The van der Waals surface area contributed by atoms with Gasteiger partial charge < -0.3 is 72.4 Å². The van der Waals surface area contributed by atoms with E-state index in [0.717, 1.165) is 46.1 Å². The molecule has 1 aromatic heterocycles. The first-order valence-corrected chi connectivity index (χ1v) is 25.5. The van der Waals surface area contributed by atoms with Gasteiger partial charge >= 0.3 is 41.8 Å². The third kappa shape index (κ3) is 39.6. The minimum absolute atomic E-state index is 0.0199. The first-order valence-electron chi connectivity index (χ1n) is 24.4. The summed E-state index contributed by atoms with van der Waals surface area (Å²) in [6.45, 7) is 15.7. The Morgan fingerprint density at radius 1 is 0.595 bits per heavy atom. The lowest BCUT2D eigenvalue weighted by atomic mass is 10.1. The molecule has 1 unspecified atom stereocenters. The van der Waals surface area contributed by atoms with Crippen molar-refractivity contribution in [2.75, 3.05) is 97.8 Å². The second-order valence-corrected chi connectivity index (χ2v) is 15.9. The lowest BCUT2D eigenvalue weighted by molar-refractivity contribution is -0.197. The standard InChI is InChI=1S/C22H28N2O7.C16H21NO9.C7H11BrO3.C7H10O4/c1-2-21(27)30-12-10-29-11-13-31-22(28)9-5-8-19(25)24-20(26)14-16-15-23-18-7-4-3-6-17(16)18;1-2-14(20)24-10-8-23-9-11-25-15(21)4-3-5-16(22)26-17-12(18)6-7-13(17)19;2*1-2-7(9)11-6-5-10-4-3-8/h2-4,6-7,15,20,23,26H,1,5,8-14H2,(H,24,25);2H,1,3-11H2;2H,1,3-6H2;2-3H,1,4-6H2. The molecule has 2 heterocycles. The Kier molecular flexibility index (Phi) is 43.3. The van der Waals surface area contributed by atoms with Crippen molar-refractivity contribution in [2.45, 2.75) is 64.0 Å². The van der Waals surface area contributed by atoms with Crippen LogP contribution in [0.4, 0.5) is 0 Å². The van der Waals surface area contributed by atoms with Crippen molar-refractivity contribution in [2.24, 2.45) is 0 Å². The normalized spacial score (nSPS) is 11.5. The molecule has 3 amide bonds. The molecule has 1 saturated heterocycles. The summed E-state index contributed by atoms with van der Waals surface area (Å²) in [6.07, 6.45) is 6.58. The van der Waals surface area contributed by atoms with E-state index in [9.17, 15) is 57.8 Å². The maximum absolute atomic E-state index is 12.0. The van der Waals surface area contributed by atoms with Crippen LogP contribution in [0.5, 0.6) is 0 Å². The van der Waals surface area contributed by atoms with Gasteiger partial charge in [-0.05, 0) is 24.5 Å². The van der Waals surface area contributed by atoms with E-state index in [1.807, 2.05) is 30.5 Å². The van der Waals surface area contributed by atoms with Crippen LogP contribution in [0, 0.1) is 0 Å². The number of hydrogen-bond donors (Lipinski definition) is 3. The number of aromatic nitrogens is 1. The van der Waals surface area contributed by atoms with Crippen LogP contribution in [-0.2, 0) is 111 Å². The largest absolute Gasteiger partial charge is 0.463 e. The van der Waals surface area contributed by atoms with Gasteiger partial charge in [0.15, 0.2) is 0 Å². The summed E-state index contributed by atoms with van der Waals surface area (Å²) >= 11 is 3.20. The Balaban J connectivity index is 0.00000113. The number of nitrogens with one attached hydrogen (secondary N) is 2. The average Bonchev–Trinajstić information content (AvgIpc) is 4.01. The number of carbonyl (C=O) groups excluding carboxylic acids is 11. The van der Waals surface area contributed by atoms with E-state index < -0.39 is 59.8 Å². The van der Waals surface area contributed by atoms with Gasteiger partial charge in [-0.25, -0.2) is 24.0 Å². The number of aldehydes is 1. The number of ether oxygens (including phenoxy) is 10. The number of nitrogens with zero attached hydrogens (tertiary/aromatic N) is 1. The predicted molar refractivity (Wildman–Crippen MR) is 281 cm³/mol. The van der Waals surface area contributed by atoms with Gasteiger partial charge in [0.2, 0.25) is 5.91 Å². The Bertz CT molecular complexity index is 2220. The molecule has 79 heavy (non-hydrogen) atoms. The molecule has 3 N–H and O–H groups in total. The fourth-order valence-corrected chi connectivity index (χ4v) is 5.73. The molecule has 1 aromatic carbocycles. The summed E-state index contributed by atoms with van der Waals surface area (Å²) in [5, 5.41) is 14.9. The molecule has 26 nitrogen and oxygen atoms in total. The smallest absolute Gasteiger partial charge is 0.333 e. The van der Waals surface area contributed by atoms with Gasteiger partial charge in [-0.3, -0.25) is 24.0 Å². The summed E-state index contributed by atoms with van der Waals surface area (Å²) in [7, 11) is 0. The van der Waals surface area contributed by atoms with Crippen molar-refractivity contribution < 1.29 is 110 Å². The summed E-state index contributed by atoms with van der Waals surface area (Å²) in [5.41, 5.74) is 1.88. The minimum atomic E-state index is -1.01. The third-order valence-corrected chi connectivity index (χ3v) is 9.43. The topological polar surface area (TPSA) is 341 Å². The number of esters is 6. The number of benzene rings is 1. The molecule has 0 bridgehead atoms. The van der Waals surface area contributed by atoms with Crippen molar-refractivity contribution in [1.82, 2.24) is 15.4 Å². The number of aromatic amines is 1. The molecule has 1 fully saturated rings. The van der Waals surface area contributed by atoms with Crippen LogP contribution in [0.25, 0.3) is 10.9 Å². The van der Waals surface area contributed by atoms with Gasteiger partial charge in [0.1, 0.15) is 58.8 Å². The zero-order chi connectivity index (χ0) is 58.9. The Morgan fingerprint density at radius 3 is 1.47 bits per heavy atom. The highest BCUT2D eigenvalue weighted by Crippen LogP contribution is 2.19. The van der Waals surface area contributed by atoms with Crippen LogP contribution in [0.2, 0.25) is 0 Å². The van der Waals surface area contributed by atoms with Crippen LogP contribution in [0.1, 0.15) is 56.9 Å². The summed E-state index contributed by atoms with van der Waals surface area (Å²) in [5.74, 6) is -5.13.